The molecule has 4 heteroatoms. The van der Waals surface area contributed by atoms with Crippen LogP contribution in [0.4, 0.5) is 5.69 Å². The van der Waals surface area contributed by atoms with Crippen molar-refractivity contribution >= 4 is 11.5 Å². The third-order valence-electron chi connectivity index (χ3n) is 4.51. The van der Waals surface area contributed by atoms with Gasteiger partial charge in [-0.15, -0.1) is 0 Å². The topological polar surface area (TPSA) is 49.8 Å². The summed E-state index contributed by atoms with van der Waals surface area (Å²) in [6.45, 7) is 6.76. The number of ketones is 1. The van der Waals surface area contributed by atoms with Crippen molar-refractivity contribution in [1.29, 1.82) is 0 Å². The van der Waals surface area contributed by atoms with Gasteiger partial charge < -0.3 is 14.7 Å². The molecule has 1 fully saturated rings. The van der Waals surface area contributed by atoms with Crippen molar-refractivity contribution in [3.8, 4) is 16.9 Å². The second-order valence-corrected chi connectivity index (χ2v) is 6.08. The van der Waals surface area contributed by atoms with Gasteiger partial charge in [0.25, 0.3) is 0 Å². The molecule has 1 N–H and O–H groups in total. The number of ether oxygens (including phenoxy) is 1. The van der Waals surface area contributed by atoms with Gasteiger partial charge in [0.2, 0.25) is 0 Å². The van der Waals surface area contributed by atoms with Gasteiger partial charge in [0.1, 0.15) is 5.75 Å². The molecule has 3 rings (SSSR count). The number of carbonyl (C=O) groups is 1. The quantitative estimate of drug-likeness (QED) is 0.872. The Bertz CT molecular complexity index is 749. The van der Waals surface area contributed by atoms with E-state index < -0.39 is 0 Å². The third kappa shape index (κ3) is 3.29. The molecule has 1 heterocycles. The van der Waals surface area contributed by atoms with Crippen molar-refractivity contribution in [3.05, 3.63) is 47.5 Å². The number of carbonyl (C=O) groups excluding carboxylic acids is 1. The number of benzene rings is 2. The first-order valence-electron chi connectivity index (χ1n) is 8.40. The van der Waals surface area contributed by atoms with Crippen molar-refractivity contribution in [2.75, 3.05) is 31.2 Å². The molecule has 1 saturated heterocycles. The van der Waals surface area contributed by atoms with Crippen molar-refractivity contribution in [3.63, 3.8) is 0 Å². The van der Waals surface area contributed by atoms with Crippen LogP contribution < -0.4 is 4.90 Å². The summed E-state index contributed by atoms with van der Waals surface area (Å²) in [4.78, 5) is 14.2. The predicted octanol–water partition coefficient (Wildman–Crippen LogP) is 3.66. The molecule has 0 atom stereocenters. The lowest BCUT2D eigenvalue weighted by molar-refractivity contribution is 0.101. The van der Waals surface area contributed by atoms with Crippen LogP contribution in [0.5, 0.6) is 5.75 Å². The third-order valence-corrected chi connectivity index (χ3v) is 4.51. The summed E-state index contributed by atoms with van der Waals surface area (Å²) in [7, 11) is 0. The minimum Gasteiger partial charge on any atom is -0.508 e. The fourth-order valence-electron chi connectivity index (χ4n) is 3.19. The summed E-state index contributed by atoms with van der Waals surface area (Å²) >= 11 is 0. The molecule has 24 heavy (non-hydrogen) atoms. The Kier molecular flexibility index (Phi) is 4.86. The summed E-state index contributed by atoms with van der Waals surface area (Å²) in [5.41, 5.74) is 5.01. The Labute approximate surface area is 142 Å². The molecule has 0 saturated carbocycles. The van der Waals surface area contributed by atoms with Gasteiger partial charge in [-0.25, -0.2) is 0 Å². The number of hydrogen-bond acceptors (Lipinski definition) is 4. The molecule has 0 aliphatic carbocycles. The van der Waals surface area contributed by atoms with Gasteiger partial charge in [-0.2, -0.15) is 0 Å². The summed E-state index contributed by atoms with van der Waals surface area (Å²) < 4.78 is 5.46. The van der Waals surface area contributed by atoms with Gasteiger partial charge in [0, 0.05) is 29.9 Å². The average molecular weight is 325 g/mol. The van der Waals surface area contributed by atoms with Crippen molar-refractivity contribution < 1.29 is 14.6 Å². The number of phenols is 1. The van der Waals surface area contributed by atoms with Crippen LogP contribution in [0, 0.1) is 0 Å². The lowest BCUT2D eigenvalue weighted by Gasteiger charge is -2.31. The van der Waals surface area contributed by atoms with Crippen molar-refractivity contribution in [2.45, 2.75) is 20.3 Å². The van der Waals surface area contributed by atoms with E-state index in [2.05, 4.69) is 11.8 Å². The zero-order valence-electron chi connectivity index (χ0n) is 14.2. The van der Waals surface area contributed by atoms with Gasteiger partial charge in [0.05, 0.1) is 13.2 Å². The van der Waals surface area contributed by atoms with E-state index in [-0.39, 0.29) is 11.5 Å². The molecule has 2 aromatic carbocycles. The van der Waals surface area contributed by atoms with E-state index in [1.54, 1.807) is 19.1 Å². The fraction of sp³-hybridized carbons (Fsp3) is 0.350. The zero-order valence-corrected chi connectivity index (χ0v) is 14.2. The maximum absolute atomic E-state index is 11.9. The number of Topliss-reactive ketones (excluding diaryl/α,β-unsaturated/α-hetero) is 1. The predicted molar refractivity (Wildman–Crippen MR) is 96.0 cm³/mol. The normalized spacial score (nSPS) is 14.7. The molecule has 0 amide bonds. The highest BCUT2D eigenvalue weighted by Gasteiger charge is 2.18. The standard InChI is InChI=1S/C20H23NO3/c1-3-15-12-17(23)5-6-18(15)19-13-16(14(2)22)4-7-20(19)21-8-10-24-11-9-21/h4-7,12-13,23H,3,8-11H2,1-2H3. The van der Waals surface area contributed by atoms with Gasteiger partial charge in [-0.1, -0.05) is 13.0 Å². The largest absolute Gasteiger partial charge is 0.508 e. The number of aromatic hydroxyl groups is 1. The molecule has 1 aliphatic heterocycles. The number of hydrogen-bond donors (Lipinski definition) is 1. The highest BCUT2D eigenvalue weighted by molar-refractivity contribution is 5.97. The molecule has 0 unspecified atom stereocenters. The highest BCUT2D eigenvalue weighted by atomic mass is 16.5. The monoisotopic (exact) mass is 325 g/mol. The number of rotatable bonds is 4. The van der Waals surface area contributed by atoms with Crippen LogP contribution in [0.3, 0.4) is 0 Å². The second kappa shape index (κ2) is 7.05. The molecular formula is C20H23NO3. The molecule has 126 valence electrons. The van der Waals surface area contributed by atoms with E-state index in [4.69, 9.17) is 4.74 Å². The minimum absolute atomic E-state index is 0.0570. The van der Waals surface area contributed by atoms with E-state index in [1.807, 2.05) is 24.3 Å². The number of anilines is 1. The summed E-state index contributed by atoms with van der Waals surface area (Å²) in [5.74, 6) is 0.327. The Balaban J connectivity index is 2.16. The van der Waals surface area contributed by atoms with Crippen LogP contribution in [0.25, 0.3) is 11.1 Å². The van der Waals surface area contributed by atoms with E-state index in [1.165, 1.54) is 0 Å². The van der Waals surface area contributed by atoms with Gasteiger partial charge >= 0.3 is 0 Å². The van der Waals surface area contributed by atoms with Crippen LogP contribution in [0.15, 0.2) is 36.4 Å². The number of nitrogens with zero attached hydrogens (tertiary/aromatic N) is 1. The molecule has 0 bridgehead atoms. The molecule has 4 nitrogen and oxygen atoms in total. The van der Waals surface area contributed by atoms with Crippen LogP contribution in [-0.2, 0) is 11.2 Å². The number of morpholine rings is 1. The van der Waals surface area contributed by atoms with E-state index >= 15 is 0 Å². The Hall–Kier alpha value is -2.33. The highest BCUT2D eigenvalue weighted by Crippen LogP contribution is 2.36. The number of phenolic OH excluding ortho intramolecular Hbond substituents is 1. The van der Waals surface area contributed by atoms with E-state index in [9.17, 15) is 9.90 Å². The fourth-order valence-corrected chi connectivity index (χ4v) is 3.19. The maximum Gasteiger partial charge on any atom is 0.159 e. The van der Waals surface area contributed by atoms with E-state index in [0.717, 1.165) is 41.9 Å². The minimum atomic E-state index is 0.0570. The van der Waals surface area contributed by atoms with Crippen molar-refractivity contribution in [2.24, 2.45) is 0 Å². The second-order valence-electron chi connectivity index (χ2n) is 6.08. The molecule has 2 aromatic rings. The van der Waals surface area contributed by atoms with Gasteiger partial charge in [0.15, 0.2) is 5.78 Å². The molecule has 0 spiro atoms. The van der Waals surface area contributed by atoms with Crippen LogP contribution in [0.1, 0.15) is 29.8 Å². The lowest BCUT2D eigenvalue weighted by Crippen LogP contribution is -2.36. The molecule has 0 aromatic heterocycles. The van der Waals surface area contributed by atoms with Crippen molar-refractivity contribution in [1.82, 2.24) is 0 Å². The smallest absolute Gasteiger partial charge is 0.159 e. The molecular weight excluding hydrogens is 302 g/mol. The summed E-state index contributed by atoms with van der Waals surface area (Å²) in [5, 5.41) is 9.80. The number of aryl methyl sites for hydroxylation is 1. The first-order valence-corrected chi connectivity index (χ1v) is 8.40. The lowest BCUT2D eigenvalue weighted by atomic mass is 9.93. The molecule has 1 aliphatic rings. The average Bonchev–Trinajstić information content (AvgIpc) is 2.61. The van der Waals surface area contributed by atoms with Crippen LogP contribution in [0.2, 0.25) is 0 Å². The SMILES string of the molecule is CCc1cc(O)ccc1-c1cc(C(C)=O)ccc1N1CCOCC1. The Morgan fingerprint density at radius 1 is 1.12 bits per heavy atom. The maximum atomic E-state index is 11.9. The summed E-state index contributed by atoms with van der Waals surface area (Å²) in [6.07, 6.45) is 0.816. The van der Waals surface area contributed by atoms with Gasteiger partial charge in [-0.05, 0) is 54.8 Å². The zero-order chi connectivity index (χ0) is 17.1. The van der Waals surface area contributed by atoms with Crippen LogP contribution in [-0.4, -0.2) is 37.2 Å². The summed E-state index contributed by atoms with van der Waals surface area (Å²) in [6, 6.07) is 11.3. The molecule has 0 radical (unpaired) electrons. The van der Waals surface area contributed by atoms with E-state index in [0.29, 0.717) is 18.8 Å². The first kappa shape index (κ1) is 16.5. The van der Waals surface area contributed by atoms with Gasteiger partial charge in [-0.3, -0.25) is 4.79 Å². The first-order chi connectivity index (χ1) is 11.6. The Morgan fingerprint density at radius 2 is 1.88 bits per heavy atom. The van der Waals surface area contributed by atoms with Crippen LogP contribution >= 0.6 is 0 Å². The Morgan fingerprint density at radius 3 is 2.54 bits per heavy atom.